The maximum atomic E-state index is 13.4. The van der Waals surface area contributed by atoms with E-state index in [0.717, 1.165) is 17.7 Å². The number of anilines is 2. The zero-order valence-corrected chi connectivity index (χ0v) is 18.3. The van der Waals surface area contributed by atoms with Crippen molar-refractivity contribution in [2.75, 3.05) is 30.9 Å². The van der Waals surface area contributed by atoms with Crippen molar-refractivity contribution in [3.63, 3.8) is 0 Å². The summed E-state index contributed by atoms with van der Waals surface area (Å²) in [6.07, 6.45) is 0.824. The number of hydrogen-bond acceptors (Lipinski definition) is 3. The molecule has 0 saturated heterocycles. The first-order valence-corrected chi connectivity index (χ1v) is 10.2. The molecule has 0 aliphatic carbocycles. The molecule has 0 aliphatic heterocycles. The molecule has 0 bridgehead atoms. The van der Waals surface area contributed by atoms with E-state index in [1.165, 1.54) is 18.2 Å². The van der Waals surface area contributed by atoms with E-state index in [1.54, 1.807) is 17.0 Å². The largest absolute Gasteiger partial charge is 0.377 e. The molecule has 2 rings (SSSR count). The van der Waals surface area contributed by atoms with Crippen molar-refractivity contribution in [1.29, 1.82) is 0 Å². The number of nitrogens with one attached hydrogen (secondary N) is 2. The van der Waals surface area contributed by atoms with E-state index < -0.39 is 5.82 Å². The number of urea groups is 1. The van der Waals surface area contributed by atoms with Crippen LogP contribution in [0.5, 0.6) is 0 Å². The average molecular weight is 415 g/mol. The standard InChI is InChI=1S/C23H31FN4O2/c1-6-16(3)28(23(30)25-7-2)15-18-14-20(11-12-21(18)27(4)5)26-22(29)17-9-8-10-19(24)13-17/h8-14,16H,6-7,15H2,1-5H3,(H,25,30)(H,26,29). The molecule has 0 saturated carbocycles. The third kappa shape index (κ3) is 5.95. The Kier molecular flexibility index (Phi) is 8.21. The number of rotatable bonds is 8. The van der Waals surface area contributed by atoms with Gasteiger partial charge in [0.1, 0.15) is 5.82 Å². The number of hydrogen-bond donors (Lipinski definition) is 2. The van der Waals surface area contributed by atoms with Crippen LogP contribution in [0.1, 0.15) is 43.1 Å². The predicted octanol–water partition coefficient (Wildman–Crippen LogP) is 4.47. The Labute approximate surface area is 178 Å². The molecule has 30 heavy (non-hydrogen) atoms. The van der Waals surface area contributed by atoms with Crippen LogP contribution in [0.4, 0.5) is 20.6 Å². The fourth-order valence-corrected chi connectivity index (χ4v) is 3.14. The maximum absolute atomic E-state index is 13.4. The van der Waals surface area contributed by atoms with Gasteiger partial charge in [0.25, 0.3) is 5.91 Å². The SMILES string of the molecule is CCNC(=O)N(Cc1cc(NC(=O)c2cccc(F)c2)ccc1N(C)C)C(C)CC. The molecular formula is C23H31FN4O2. The summed E-state index contributed by atoms with van der Waals surface area (Å²) in [7, 11) is 3.87. The van der Waals surface area contributed by atoms with Gasteiger partial charge < -0.3 is 20.4 Å². The van der Waals surface area contributed by atoms with Crippen molar-refractivity contribution >= 4 is 23.3 Å². The van der Waals surface area contributed by atoms with E-state index >= 15 is 0 Å². The lowest BCUT2D eigenvalue weighted by molar-refractivity contribution is 0.102. The normalized spacial score (nSPS) is 11.5. The van der Waals surface area contributed by atoms with Crippen molar-refractivity contribution in [3.8, 4) is 0 Å². The van der Waals surface area contributed by atoms with Crippen LogP contribution in [0, 0.1) is 5.82 Å². The van der Waals surface area contributed by atoms with Crippen molar-refractivity contribution in [1.82, 2.24) is 10.2 Å². The van der Waals surface area contributed by atoms with Gasteiger partial charge in [0.2, 0.25) is 0 Å². The van der Waals surface area contributed by atoms with Gasteiger partial charge in [0.05, 0.1) is 0 Å². The second kappa shape index (κ2) is 10.6. The second-order valence-electron chi connectivity index (χ2n) is 7.42. The van der Waals surface area contributed by atoms with Gasteiger partial charge in [-0.05, 0) is 62.2 Å². The van der Waals surface area contributed by atoms with Crippen molar-refractivity contribution in [3.05, 3.63) is 59.4 Å². The van der Waals surface area contributed by atoms with Gasteiger partial charge in [0.15, 0.2) is 0 Å². The van der Waals surface area contributed by atoms with Crippen LogP contribution in [-0.2, 0) is 6.54 Å². The number of amides is 3. The molecule has 0 spiro atoms. The van der Waals surface area contributed by atoms with E-state index in [2.05, 4.69) is 10.6 Å². The third-order valence-corrected chi connectivity index (χ3v) is 4.96. The minimum absolute atomic E-state index is 0.0529. The minimum atomic E-state index is -0.461. The molecule has 0 heterocycles. The van der Waals surface area contributed by atoms with Crippen molar-refractivity contribution in [2.45, 2.75) is 39.8 Å². The Hall–Kier alpha value is -3.09. The molecule has 2 aromatic carbocycles. The van der Waals surface area contributed by atoms with Crippen LogP contribution >= 0.6 is 0 Å². The number of carbonyl (C=O) groups is 2. The van der Waals surface area contributed by atoms with E-state index in [1.807, 2.05) is 51.9 Å². The molecule has 3 amide bonds. The Morgan fingerprint density at radius 2 is 1.83 bits per heavy atom. The van der Waals surface area contributed by atoms with Gasteiger partial charge in [0, 0.05) is 50.2 Å². The predicted molar refractivity (Wildman–Crippen MR) is 119 cm³/mol. The summed E-state index contributed by atoms with van der Waals surface area (Å²) < 4.78 is 13.4. The third-order valence-electron chi connectivity index (χ3n) is 4.96. The zero-order valence-electron chi connectivity index (χ0n) is 18.3. The molecule has 2 aromatic rings. The molecule has 0 aromatic heterocycles. The molecular weight excluding hydrogens is 383 g/mol. The summed E-state index contributed by atoms with van der Waals surface area (Å²) in [5, 5.41) is 5.69. The molecule has 0 aliphatic rings. The Bertz CT molecular complexity index is 885. The van der Waals surface area contributed by atoms with Gasteiger partial charge in [-0.1, -0.05) is 13.0 Å². The van der Waals surface area contributed by atoms with E-state index in [9.17, 15) is 14.0 Å². The lowest BCUT2D eigenvalue weighted by atomic mass is 10.1. The topological polar surface area (TPSA) is 64.7 Å². The molecule has 1 atom stereocenters. The highest BCUT2D eigenvalue weighted by Crippen LogP contribution is 2.26. The van der Waals surface area contributed by atoms with Crippen molar-refractivity contribution < 1.29 is 14.0 Å². The maximum Gasteiger partial charge on any atom is 0.317 e. The van der Waals surface area contributed by atoms with E-state index in [4.69, 9.17) is 0 Å². The van der Waals surface area contributed by atoms with Crippen molar-refractivity contribution in [2.24, 2.45) is 0 Å². The summed E-state index contributed by atoms with van der Waals surface area (Å²) in [6.45, 7) is 6.90. The summed E-state index contributed by atoms with van der Waals surface area (Å²) in [6, 6.07) is 11.1. The van der Waals surface area contributed by atoms with Crippen LogP contribution in [0.25, 0.3) is 0 Å². The van der Waals surface area contributed by atoms with Gasteiger partial charge in [-0.25, -0.2) is 9.18 Å². The number of halogens is 1. The molecule has 6 nitrogen and oxygen atoms in total. The van der Waals surface area contributed by atoms with Gasteiger partial charge >= 0.3 is 6.03 Å². The van der Waals surface area contributed by atoms with Gasteiger partial charge in [-0.2, -0.15) is 0 Å². The highest BCUT2D eigenvalue weighted by molar-refractivity contribution is 6.04. The summed E-state index contributed by atoms with van der Waals surface area (Å²) in [5.41, 5.74) is 2.70. The quantitative estimate of drug-likeness (QED) is 0.670. The second-order valence-corrected chi connectivity index (χ2v) is 7.42. The lowest BCUT2D eigenvalue weighted by Gasteiger charge is -2.30. The molecule has 2 N–H and O–H groups in total. The summed E-state index contributed by atoms with van der Waals surface area (Å²) in [4.78, 5) is 28.9. The fraction of sp³-hybridized carbons (Fsp3) is 0.391. The van der Waals surface area contributed by atoms with Crippen LogP contribution in [0.3, 0.4) is 0 Å². The molecule has 1 unspecified atom stereocenters. The summed E-state index contributed by atoms with van der Waals surface area (Å²) >= 11 is 0. The zero-order chi connectivity index (χ0) is 22.3. The lowest BCUT2D eigenvalue weighted by Crippen LogP contribution is -2.44. The Morgan fingerprint density at radius 1 is 1.10 bits per heavy atom. The van der Waals surface area contributed by atoms with Crippen LogP contribution in [0.2, 0.25) is 0 Å². The average Bonchev–Trinajstić information content (AvgIpc) is 2.71. The molecule has 0 fully saturated rings. The van der Waals surface area contributed by atoms with Crippen LogP contribution < -0.4 is 15.5 Å². The highest BCUT2D eigenvalue weighted by Gasteiger charge is 2.21. The van der Waals surface area contributed by atoms with Gasteiger partial charge in [-0.3, -0.25) is 4.79 Å². The highest BCUT2D eigenvalue weighted by atomic mass is 19.1. The van der Waals surface area contributed by atoms with Crippen LogP contribution in [-0.4, -0.2) is 43.5 Å². The number of benzene rings is 2. The Balaban J connectivity index is 2.32. The Morgan fingerprint density at radius 3 is 2.43 bits per heavy atom. The first-order valence-electron chi connectivity index (χ1n) is 10.2. The molecule has 162 valence electrons. The number of nitrogens with zero attached hydrogens (tertiary/aromatic N) is 2. The first-order chi connectivity index (χ1) is 14.3. The van der Waals surface area contributed by atoms with Gasteiger partial charge in [-0.15, -0.1) is 0 Å². The minimum Gasteiger partial charge on any atom is -0.377 e. The van der Waals surface area contributed by atoms with E-state index in [-0.39, 0.29) is 23.5 Å². The van der Waals surface area contributed by atoms with Crippen LogP contribution in [0.15, 0.2) is 42.5 Å². The molecule has 7 heteroatoms. The number of carbonyl (C=O) groups excluding carboxylic acids is 2. The summed E-state index contributed by atoms with van der Waals surface area (Å²) in [5.74, 6) is -0.849. The fourth-order valence-electron chi connectivity index (χ4n) is 3.14. The smallest absolute Gasteiger partial charge is 0.317 e. The monoisotopic (exact) mass is 414 g/mol. The first kappa shape index (κ1) is 23.2. The van der Waals surface area contributed by atoms with E-state index in [0.29, 0.717) is 18.8 Å². The molecule has 0 radical (unpaired) electrons.